The molecule has 3 aromatic carbocycles. The number of para-hydroxylation sites is 1. The Morgan fingerprint density at radius 2 is 1.50 bits per heavy atom. The van der Waals surface area contributed by atoms with E-state index < -0.39 is 12.3 Å². The summed E-state index contributed by atoms with van der Waals surface area (Å²) in [5.41, 5.74) is 4.02. The van der Waals surface area contributed by atoms with Crippen LogP contribution in [0.15, 0.2) is 84.9 Å². The molecule has 0 saturated carbocycles. The second kappa shape index (κ2) is 10.5. The molecule has 3 rings (SSSR count). The molecule has 1 N–H and O–H groups in total. The van der Waals surface area contributed by atoms with E-state index in [1.807, 2.05) is 54.6 Å². The van der Waals surface area contributed by atoms with Crippen LogP contribution in [-0.2, 0) is 16.0 Å². The van der Waals surface area contributed by atoms with Crippen molar-refractivity contribution in [3.8, 4) is 5.75 Å². The number of carbonyl (C=O) groups excluding carboxylic acids is 1. The van der Waals surface area contributed by atoms with Crippen molar-refractivity contribution >= 4 is 17.4 Å². The van der Waals surface area contributed by atoms with Crippen molar-refractivity contribution < 1.29 is 27.4 Å². The van der Waals surface area contributed by atoms with E-state index >= 15 is 0 Å². The first-order valence-electron chi connectivity index (χ1n) is 9.97. The zero-order chi connectivity index (χ0) is 23.0. The largest absolute Gasteiger partial charge is 0.573 e. The summed E-state index contributed by atoms with van der Waals surface area (Å²) >= 11 is 0. The molecule has 0 aliphatic heterocycles. The molecule has 3 aromatic rings. The Kier molecular flexibility index (Phi) is 7.54. The summed E-state index contributed by atoms with van der Waals surface area (Å²) < 4.78 is 45.8. The van der Waals surface area contributed by atoms with Crippen molar-refractivity contribution in [2.45, 2.75) is 19.7 Å². The van der Waals surface area contributed by atoms with Crippen LogP contribution in [-0.4, -0.2) is 18.9 Å². The third-order valence-electron chi connectivity index (χ3n) is 4.43. The van der Waals surface area contributed by atoms with E-state index in [1.165, 1.54) is 18.2 Å². The molecular formula is C25H22F3NO3. The van der Waals surface area contributed by atoms with E-state index in [1.54, 1.807) is 19.1 Å². The summed E-state index contributed by atoms with van der Waals surface area (Å²) in [4.78, 5) is 12.0. The van der Waals surface area contributed by atoms with Gasteiger partial charge in [0.2, 0.25) is 0 Å². The van der Waals surface area contributed by atoms with Crippen LogP contribution in [0.25, 0.3) is 5.70 Å². The molecule has 0 radical (unpaired) electrons. The monoisotopic (exact) mass is 441 g/mol. The number of alkyl halides is 3. The highest BCUT2D eigenvalue weighted by atomic mass is 19.4. The average molecular weight is 441 g/mol. The SMILES string of the molecule is CCOC(=O)/C=C(/Nc1ccccc1)c1ccc(Cc2ccc(OC(F)(F)F)cc2)cc1. The number of ether oxygens (including phenoxy) is 2. The Hall–Kier alpha value is -3.74. The Morgan fingerprint density at radius 3 is 2.06 bits per heavy atom. The van der Waals surface area contributed by atoms with Gasteiger partial charge in [-0.3, -0.25) is 0 Å². The van der Waals surface area contributed by atoms with Gasteiger partial charge < -0.3 is 14.8 Å². The summed E-state index contributed by atoms with van der Waals surface area (Å²) in [5.74, 6) is -0.700. The summed E-state index contributed by atoms with van der Waals surface area (Å²) in [6.45, 7) is 2.02. The lowest BCUT2D eigenvalue weighted by molar-refractivity contribution is -0.274. The van der Waals surface area contributed by atoms with Crippen molar-refractivity contribution in [1.29, 1.82) is 0 Å². The van der Waals surface area contributed by atoms with E-state index in [0.29, 0.717) is 12.1 Å². The maximum atomic E-state index is 12.3. The average Bonchev–Trinajstić information content (AvgIpc) is 2.75. The Morgan fingerprint density at radius 1 is 0.906 bits per heavy atom. The quantitative estimate of drug-likeness (QED) is 0.334. The van der Waals surface area contributed by atoms with Crippen molar-refractivity contribution in [2.75, 3.05) is 11.9 Å². The molecule has 0 aliphatic rings. The van der Waals surface area contributed by atoms with Gasteiger partial charge in [-0.2, -0.15) is 0 Å². The molecule has 166 valence electrons. The van der Waals surface area contributed by atoms with Crippen molar-refractivity contribution in [3.63, 3.8) is 0 Å². The second-order valence-corrected chi connectivity index (χ2v) is 6.87. The molecule has 0 bridgehead atoms. The normalized spacial score (nSPS) is 11.7. The predicted octanol–water partition coefficient (Wildman–Crippen LogP) is 6.19. The van der Waals surface area contributed by atoms with Gasteiger partial charge in [0.1, 0.15) is 5.75 Å². The first-order chi connectivity index (χ1) is 15.3. The highest BCUT2D eigenvalue weighted by molar-refractivity contribution is 5.94. The van der Waals surface area contributed by atoms with Crippen LogP contribution in [0.2, 0.25) is 0 Å². The minimum Gasteiger partial charge on any atom is -0.463 e. The Balaban J connectivity index is 1.74. The van der Waals surface area contributed by atoms with Crippen LogP contribution in [0.1, 0.15) is 23.6 Å². The second-order valence-electron chi connectivity index (χ2n) is 6.87. The van der Waals surface area contributed by atoms with Crippen LogP contribution >= 0.6 is 0 Å². The summed E-state index contributed by atoms with van der Waals surface area (Å²) in [6, 6.07) is 22.8. The molecule has 0 saturated heterocycles. The van der Waals surface area contributed by atoms with Gasteiger partial charge in [0, 0.05) is 11.8 Å². The number of nitrogens with one attached hydrogen (secondary N) is 1. The van der Waals surface area contributed by atoms with E-state index in [4.69, 9.17) is 4.74 Å². The highest BCUT2D eigenvalue weighted by Crippen LogP contribution is 2.24. The molecular weight excluding hydrogens is 419 g/mol. The van der Waals surface area contributed by atoms with Gasteiger partial charge in [0.05, 0.1) is 12.3 Å². The zero-order valence-electron chi connectivity index (χ0n) is 17.4. The Labute approximate surface area is 184 Å². The number of benzene rings is 3. The minimum absolute atomic E-state index is 0.252. The molecule has 0 aliphatic carbocycles. The number of carbonyl (C=O) groups is 1. The van der Waals surface area contributed by atoms with Gasteiger partial charge in [0.25, 0.3) is 0 Å². The molecule has 0 unspecified atom stereocenters. The first kappa shape index (κ1) is 22.9. The molecule has 0 aromatic heterocycles. The van der Waals surface area contributed by atoms with Crippen LogP contribution in [0.4, 0.5) is 18.9 Å². The van der Waals surface area contributed by atoms with E-state index in [9.17, 15) is 18.0 Å². The van der Waals surface area contributed by atoms with Gasteiger partial charge >= 0.3 is 12.3 Å². The fourth-order valence-electron chi connectivity index (χ4n) is 3.02. The number of hydrogen-bond acceptors (Lipinski definition) is 4. The van der Waals surface area contributed by atoms with E-state index in [-0.39, 0.29) is 12.4 Å². The summed E-state index contributed by atoms with van der Waals surface area (Å²) in [5, 5.41) is 3.23. The van der Waals surface area contributed by atoms with Gasteiger partial charge in [-0.15, -0.1) is 13.2 Å². The lowest BCUT2D eigenvalue weighted by Crippen LogP contribution is -2.17. The van der Waals surface area contributed by atoms with Crippen LogP contribution < -0.4 is 10.1 Å². The molecule has 0 heterocycles. The van der Waals surface area contributed by atoms with E-state index in [2.05, 4.69) is 10.1 Å². The molecule has 7 heteroatoms. The topological polar surface area (TPSA) is 47.6 Å². The zero-order valence-corrected chi connectivity index (χ0v) is 17.4. The van der Waals surface area contributed by atoms with Crippen molar-refractivity contribution in [2.24, 2.45) is 0 Å². The smallest absolute Gasteiger partial charge is 0.463 e. The van der Waals surface area contributed by atoms with E-state index in [0.717, 1.165) is 22.4 Å². The number of esters is 1. The maximum Gasteiger partial charge on any atom is 0.573 e. The van der Waals surface area contributed by atoms with Gasteiger partial charge in [-0.1, -0.05) is 54.6 Å². The standard InChI is InChI=1S/C25H22F3NO3/c1-2-31-24(30)17-23(29-21-6-4-3-5-7-21)20-12-8-18(9-13-20)16-19-10-14-22(15-11-19)32-25(26,27)28/h3-15,17,29H,2,16H2,1H3/b23-17+. The third kappa shape index (κ3) is 7.19. The fourth-order valence-corrected chi connectivity index (χ4v) is 3.02. The molecule has 0 atom stereocenters. The van der Waals surface area contributed by atoms with Crippen molar-refractivity contribution in [1.82, 2.24) is 0 Å². The lowest BCUT2D eigenvalue weighted by atomic mass is 10.0. The Bertz CT molecular complexity index is 1040. The van der Waals surface area contributed by atoms with Crippen LogP contribution in [0, 0.1) is 0 Å². The molecule has 32 heavy (non-hydrogen) atoms. The summed E-state index contributed by atoms with van der Waals surface area (Å²) in [6.07, 6.45) is -2.76. The molecule has 0 fully saturated rings. The third-order valence-corrected chi connectivity index (χ3v) is 4.43. The first-order valence-corrected chi connectivity index (χ1v) is 9.97. The van der Waals surface area contributed by atoms with Crippen LogP contribution in [0.5, 0.6) is 5.75 Å². The lowest BCUT2D eigenvalue weighted by Gasteiger charge is -2.13. The fraction of sp³-hybridized carbons (Fsp3) is 0.160. The number of rotatable bonds is 8. The highest BCUT2D eigenvalue weighted by Gasteiger charge is 2.30. The van der Waals surface area contributed by atoms with Gasteiger partial charge in [0.15, 0.2) is 0 Å². The van der Waals surface area contributed by atoms with Gasteiger partial charge in [-0.25, -0.2) is 4.79 Å². The molecule has 0 spiro atoms. The number of hydrogen-bond donors (Lipinski definition) is 1. The minimum atomic E-state index is -4.71. The van der Waals surface area contributed by atoms with Crippen molar-refractivity contribution in [3.05, 3.63) is 102 Å². The molecule has 4 nitrogen and oxygen atoms in total. The number of anilines is 1. The maximum absolute atomic E-state index is 12.3. The summed E-state index contributed by atoms with van der Waals surface area (Å²) in [7, 11) is 0. The molecule has 0 amide bonds. The van der Waals surface area contributed by atoms with Gasteiger partial charge in [-0.05, 0) is 54.3 Å². The predicted molar refractivity (Wildman–Crippen MR) is 117 cm³/mol. The van der Waals surface area contributed by atoms with Crippen LogP contribution in [0.3, 0.4) is 0 Å². The number of halogens is 3.